The van der Waals surface area contributed by atoms with Crippen LogP contribution in [0.25, 0.3) is 0 Å². The lowest BCUT2D eigenvalue weighted by atomic mass is 10.0. The number of rotatable bonds is 55. The number of allylic oxidation sites excluding steroid dienone is 18. The Morgan fingerprint density at radius 1 is 0.419 bits per heavy atom. The second-order valence-electron chi connectivity index (χ2n) is 19.5. The van der Waals surface area contributed by atoms with Gasteiger partial charge in [-0.25, -0.2) is 4.57 Å². The fourth-order valence-electron chi connectivity index (χ4n) is 8.00. The Labute approximate surface area is 454 Å². The Kier molecular flexibility index (Phi) is 56.3. The Balaban J connectivity index is 3.96. The highest BCUT2D eigenvalue weighted by Crippen LogP contribution is 2.43. The van der Waals surface area contributed by atoms with Crippen molar-refractivity contribution in [2.24, 2.45) is 5.73 Å². The number of unbranched alkanes of at least 4 members (excludes halogenated alkanes) is 24. The van der Waals surface area contributed by atoms with E-state index in [0.29, 0.717) is 6.42 Å². The van der Waals surface area contributed by atoms with Crippen molar-refractivity contribution >= 4 is 19.8 Å². The van der Waals surface area contributed by atoms with E-state index in [4.69, 9.17) is 24.3 Å². The van der Waals surface area contributed by atoms with Crippen LogP contribution in [0.5, 0.6) is 0 Å². The SMILES string of the molecule is CC/C=C\C/C=C\C/C=C\C/C=C\C/C=C\C/C=C\C/C=C\CCCCCCCCCCCCCCCC(=O)OC(COC(=O)CCCCCCCCC/C=C\C/C=C\CCCCCC)COP(=O)(O)OCCN. The Hall–Kier alpha value is -3.33. The van der Waals surface area contributed by atoms with Crippen LogP contribution in [0, 0.1) is 0 Å². The van der Waals surface area contributed by atoms with Crippen LogP contribution < -0.4 is 5.73 Å². The van der Waals surface area contributed by atoms with Gasteiger partial charge in [0.25, 0.3) is 0 Å². The summed E-state index contributed by atoms with van der Waals surface area (Å²) in [7, 11) is -4.39. The molecule has 0 spiro atoms. The minimum atomic E-state index is -4.39. The molecule has 0 aliphatic rings. The highest BCUT2D eigenvalue weighted by molar-refractivity contribution is 7.47. The first-order valence-corrected chi connectivity index (χ1v) is 31.4. The van der Waals surface area contributed by atoms with Gasteiger partial charge >= 0.3 is 19.8 Å². The summed E-state index contributed by atoms with van der Waals surface area (Å²) in [6.07, 6.45) is 80.0. The molecule has 9 nitrogen and oxygen atoms in total. The maximum Gasteiger partial charge on any atom is 0.472 e. The smallest absolute Gasteiger partial charge is 0.462 e. The van der Waals surface area contributed by atoms with Crippen LogP contribution in [0.4, 0.5) is 0 Å². The average Bonchev–Trinajstić information content (AvgIpc) is 3.39. The third-order valence-electron chi connectivity index (χ3n) is 12.4. The van der Waals surface area contributed by atoms with Gasteiger partial charge in [0.1, 0.15) is 6.61 Å². The number of hydrogen-bond donors (Lipinski definition) is 2. The molecule has 0 aromatic heterocycles. The highest BCUT2D eigenvalue weighted by atomic mass is 31.2. The fraction of sp³-hybridized carbons (Fsp3) is 0.688. The van der Waals surface area contributed by atoms with Crippen LogP contribution in [0.2, 0.25) is 0 Å². The molecule has 3 N–H and O–H groups in total. The molecule has 424 valence electrons. The van der Waals surface area contributed by atoms with Crippen LogP contribution in [-0.4, -0.2) is 49.3 Å². The molecule has 0 saturated carbocycles. The molecule has 2 atom stereocenters. The topological polar surface area (TPSA) is 134 Å². The van der Waals surface area contributed by atoms with Crippen LogP contribution in [0.3, 0.4) is 0 Å². The van der Waals surface area contributed by atoms with E-state index in [9.17, 15) is 19.0 Å². The van der Waals surface area contributed by atoms with Crippen molar-refractivity contribution in [2.45, 2.75) is 258 Å². The summed E-state index contributed by atoms with van der Waals surface area (Å²) in [6.45, 7) is 3.61. The quantitative estimate of drug-likeness (QED) is 0.0264. The third kappa shape index (κ3) is 57.9. The van der Waals surface area contributed by atoms with Gasteiger partial charge in [-0.2, -0.15) is 0 Å². The molecule has 2 unspecified atom stereocenters. The number of phosphoric ester groups is 1. The summed E-state index contributed by atoms with van der Waals surface area (Å²) in [5, 5.41) is 0. The first kappa shape index (κ1) is 70.7. The third-order valence-corrected chi connectivity index (χ3v) is 13.4. The van der Waals surface area contributed by atoms with Crippen molar-refractivity contribution < 1.29 is 37.6 Å². The van der Waals surface area contributed by atoms with Gasteiger partial charge < -0.3 is 20.1 Å². The molecule has 0 fully saturated rings. The first-order valence-electron chi connectivity index (χ1n) is 29.9. The molecular formula is C64H110NO8P. The lowest BCUT2D eigenvalue weighted by Crippen LogP contribution is -2.29. The van der Waals surface area contributed by atoms with Gasteiger partial charge in [0.2, 0.25) is 0 Å². The van der Waals surface area contributed by atoms with Crippen LogP contribution in [0.1, 0.15) is 251 Å². The van der Waals surface area contributed by atoms with Crippen LogP contribution >= 0.6 is 7.82 Å². The molecule has 0 rings (SSSR count). The number of ether oxygens (including phenoxy) is 2. The molecule has 0 aromatic carbocycles. The molecule has 0 bridgehead atoms. The standard InChI is InChI=1S/C64H110NO8P/c1-3-5-7-9-11-13-15-17-19-21-23-24-25-26-27-28-29-30-31-32-33-34-35-36-37-38-39-41-43-45-47-49-51-53-55-57-64(67)73-62(61-72-74(68,69)71-59-58-65)60-70-63(66)56-54-52-50-48-46-44-42-40-22-20-18-16-14-12-10-8-6-4-2/h5,7,11,13-14,16-17,19-20,22-24,26-27,29-30,32-33,62H,3-4,6,8-10,12,15,18,21,25,28,31,34-61,65H2,1-2H3,(H,68,69)/b7-5-,13-11-,16-14-,19-17-,22-20-,24-23-,27-26-,30-29-,33-32-. The summed E-state index contributed by atoms with van der Waals surface area (Å²) in [4.78, 5) is 35.2. The maximum atomic E-state index is 12.7. The van der Waals surface area contributed by atoms with Crippen LogP contribution in [0.15, 0.2) is 109 Å². The van der Waals surface area contributed by atoms with E-state index < -0.39 is 26.5 Å². The predicted molar refractivity (Wildman–Crippen MR) is 316 cm³/mol. The normalized spacial score (nSPS) is 13.8. The fourth-order valence-corrected chi connectivity index (χ4v) is 8.76. The summed E-state index contributed by atoms with van der Waals surface area (Å²) in [5.41, 5.74) is 5.38. The zero-order chi connectivity index (χ0) is 53.8. The molecule has 0 saturated heterocycles. The van der Waals surface area contributed by atoms with Crippen molar-refractivity contribution in [3.63, 3.8) is 0 Å². The van der Waals surface area contributed by atoms with Gasteiger partial charge in [0.15, 0.2) is 6.10 Å². The first-order chi connectivity index (χ1) is 36.3. The van der Waals surface area contributed by atoms with E-state index in [2.05, 4.69) is 123 Å². The molecule has 0 aliphatic heterocycles. The van der Waals surface area contributed by atoms with E-state index in [1.54, 1.807) is 0 Å². The van der Waals surface area contributed by atoms with Gasteiger partial charge in [-0.1, -0.05) is 245 Å². The van der Waals surface area contributed by atoms with Crippen molar-refractivity contribution in [3.05, 3.63) is 109 Å². The lowest BCUT2D eigenvalue weighted by Gasteiger charge is -2.19. The number of nitrogens with two attached hydrogens (primary N) is 1. The monoisotopic (exact) mass is 1050 g/mol. The number of carbonyl (C=O) groups is 2. The van der Waals surface area contributed by atoms with Gasteiger partial charge in [0.05, 0.1) is 13.2 Å². The largest absolute Gasteiger partial charge is 0.472 e. The summed E-state index contributed by atoms with van der Waals surface area (Å²) < 4.78 is 33.0. The maximum absolute atomic E-state index is 12.7. The van der Waals surface area contributed by atoms with Crippen molar-refractivity contribution in [1.29, 1.82) is 0 Å². The molecule has 74 heavy (non-hydrogen) atoms. The zero-order valence-corrected chi connectivity index (χ0v) is 48.2. The van der Waals surface area contributed by atoms with Gasteiger partial charge in [-0.3, -0.25) is 18.6 Å². The predicted octanol–water partition coefficient (Wildman–Crippen LogP) is 19.0. The van der Waals surface area contributed by atoms with Crippen molar-refractivity contribution in [3.8, 4) is 0 Å². The second-order valence-corrected chi connectivity index (χ2v) is 20.9. The minimum Gasteiger partial charge on any atom is -0.462 e. The second kappa shape index (κ2) is 58.9. The van der Waals surface area contributed by atoms with E-state index >= 15 is 0 Å². The molecule has 0 aliphatic carbocycles. The molecular weight excluding hydrogens is 942 g/mol. The zero-order valence-electron chi connectivity index (χ0n) is 47.3. The summed E-state index contributed by atoms with van der Waals surface area (Å²) >= 11 is 0. The number of esters is 2. The Morgan fingerprint density at radius 3 is 1.11 bits per heavy atom. The van der Waals surface area contributed by atoms with E-state index in [1.165, 1.54) is 116 Å². The van der Waals surface area contributed by atoms with Gasteiger partial charge in [-0.15, -0.1) is 0 Å². The number of carbonyl (C=O) groups excluding carboxylic acids is 2. The lowest BCUT2D eigenvalue weighted by molar-refractivity contribution is -0.161. The molecule has 0 heterocycles. The molecule has 0 amide bonds. The minimum absolute atomic E-state index is 0.0480. The molecule has 0 aromatic rings. The van der Waals surface area contributed by atoms with E-state index in [-0.39, 0.29) is 38.6 Å². The van der Waals surface area contributed by atoms with Gasteiger partial charge in [-0.05, 0) is 103 Å². The number of hydrogen-bond acceptors (Lipinski definition) is 8. The molecule has 0 radical (unpaired) electrons. The van der Waals surface area contributed by atoms with E-state index in [1.807, 2.05) is 0 Å². The summed E-state index contributed by atoms with van der Waals surface area (Å²) in [5.74, 6) is -0.839. The highest BCUT2D eigenvalue weighted by Gasteiger charge is 2.26. The molecule has 10 heteroatoms. The average molecular weight is 1050 g/mol. The number of phosphoric acid groups is 1. The Morgan fingerprint density at radius 2 is 0.743 bits per heavy atom. The summed E-state index contributed by atoms with van der Waals surface area (Å²) in [6, 6.07) is 0. The van der Waals surface area contributed by atoms with Crippen molar-refractivity contribution in [2.75, 3.05) is 26.4 Å². The van der Waals surface area contributed by atoms with Gasteiger partial charge in [0, 0.05) is 19.4 Å². The van der Waals surface area contributed by atoms with Crippen LogP contribution in [-0.2, 0) is 32.7 Å². The Bertz CT molecular complexity index is 1580. The van der Waals surface area contributed by atoms with Crippen molar-refractivity contribution in [1.82, 2.24) is 0 Å². The van der Waals surface area contributed by atoms with E-state index in [0.717, 1.165) is 103 Å².